The molecule has 0 aliphatic rings. The predicted molar refractivity (Wildman–Crippen MR) is 70.7 cm³/mol. The molecule has 2 aromatic rings. The lowest BCUT2D eigenvalue weighted by Crippen LogP contribution is -2.03. The molecule has 0 amide bonds. The molecule has 1 aromatic heterocycles. The minimum absolute atomic E-state index is 0.584. The second-order valence-electron chi connectivity index (χ2n) is 4.77. The Kier molecular flexibility index (Phi) is 3.52. The molecule has 17 heavy (non-hydrogen) atoms. The van der Waals surface area contributed by atoms with Crippen LogP contribution in [0, 0.1) is 12.8 Å². The van der Waals surface area contributed by atoms with Crippen molar-refractivity contribution in [2.24, 2.45) is 5.92 Å². The monoisotopic (exact) mass is 226 g/mol. The minimum atomic E-state index is 0.584. The molecular weight excluding hydrogens is 208 g/mol. The Morgan fingerprint density at radius 1 is 1.06 bits per heavy atom. The van der Waals surface area contributed by atoms with Crippen LogP contribution in [-0.2, 0) is 6.42 Å². The highest BCUT2D eigenvalue weighted by atomic mass is 14.9. The number of aromatic nitrogens is 2. The molecule has 0 unspecified atom stereocenters. The number of rotatable bonds is 3. The van der Waals surface area contributed by atoms with E-state index in [4.69, 9.17) is 0 Å². The van der Waals surface area contributed by atoms with E-state index in [1.807, 2.05) is 31.2 Å². The molecular formula is C15H18N2. The van der Waals surface area contributed by atoms with E-state index in [-0.39, 0.29) is 0 Å². The Morgan fingerprint density at radius 3 is 2.41 bits per heavy atom. The summed E-state index contributed by atoms with van der Waals surface area (Å²) in [5, 5.41) is 0. The third kappa shape index (κ3) is 3.13. The largest absolute Gasteiger partial charge is 0.238 e. The Morgan fingerprint density at radius 2 is 1.76 bits per heavy atom. The van der Waals surface area contributed by atoms with Gasteiger partial charge < -0.3 is 0 Å². The molecule has 0 radical (unpaired) electrons. The molecule has 0 aliphatic carbocycles. The van der Waals surface area contributed by atoms with Crippen molar-refractivity contribution in [2.75, 3.05) is 0 Å². The average Bonchev–Trinajstić information content (AvgIpc) is 2.28. The first-order valence-corrected chi connectivity index (χ1v) is 6.05. The first-order chi connectivity index (χ1) is 8.15. The van der Waals surface area contributed by atoms with Gasteiger partial charge >= 0.3 is 0 Å². The van der Waals surface area contributed by atoms with Gasteiger partial charge in [-0.05, 0) is 18.9 Å². The first kappa shape index (κ1) is 11.8. The van der Waals surface area contributed by atoms with Crippen LogP contribution in [0.1, 0.15) is 25.4 Å². The van der Waals surface area contributed by atoms with Crippen LogP contribution >= 0.6 is 0 Å². The summed E-state index contributed by atoms with van der Waals surface area (Å²) in [6.07, 6.45) is 0.932. The van der Waals surface area contributed by atoms with Crippen LogP contribution in [0.2, 0.25) is 0 Å². The van der Waals surface area contributed by atoms with Crippen molar-refractivity contribution in [3.63, 3.8) is 0 Å². The summed E-state index contributed by atoms with van der Waals surface area (Å²) in [7, 11) is 0. The smallest absolute Gasteiger partial charge is 0.129 e. The molecule has 0 saturated heterocycles. The predicted octanol–water partition coefficient (Wildman–Crippen LogP) is 3.65. The number of hydrogen-bond acceptors (Lipinski definition) is 2. The van der Waals surface area contributed by atoms with E-state index in [9.17, 15) is 0 Å². The lowest BCUT2D eigenvalue weighted by molar-refractivity contribution is 0.619. The molecule has 0 saturated carbocycles. The van der Waals surface area contributed by atoms with Crippen molar-refractivity contribution < 1.29 is 0 Å². The van der Waals surface area contributed by atoms with Gasteiger partial charge in [0.1, 0.15) is 5.82 Å². The van der Waals surface area contributed by atoms with Crippen molar-refractivity contribution in [1.29, 1.82) is 0 Å². The van der Waals surface area contributed by atoms with E-state index in [0.29, 0.717) is 5.92 Å². The summed E-state index contributed by atoms with van der Waals surface area (Å²) in [4.78, 5) is 9.12. The highest BCUT2D eigenvalue weighted by Gasteiger charge is 2.06. The van der Waals surface area contributed by atoms with Gasteiger partial charge in [-0.2, -0.15) is 0 Å². The van der Waals surface area contributed by atoms with Crippen LogP contribution in [-0.4, -0.2) is 9.97 Å². The number of nitrogens with zero attached hydrogens (tertiary/aromatic N) is 2. The fourth-order valence-corrected chi connectivity index (χ4v) is 1.84. The summed E-state index contributed by atoms with van der Waals surface area (Å²) >= 11 is 0. The highest BCUT2D eigenvalue weighted by Crippen LogP contribution is 2.18. The van der Waals surface area contributed by atoms with E-state index in [1.165, 1.54) is 0 Å². The zero-order chi connectivity index (χ0) is 12.3. The van der Waals surface area contributed by atoms with Crippen molar-refractivity contribution >= 4 is 0 Å². The van der Waals surface area contributed by atoms with E-state index in [0.717, 1.165) is 29.2 Å². The first-order valence-electron chi connectivity index (χ1n) is 6.05. The van der Waals surface area contributed by atoms with Crippen LogP contribution in [0.3, 0.4) is 0 Å². The Balaban J connectivity index is 2.38. The Hall–Kier alpha value is -1.70. The molecule has 2 heteroatoms. The van der Waals surface area contributed by atoms with Gasteiger partial charge in [0.25, 0.3) is 0 Å². The molecule has 0 spiro atoms. The zero-order valence-corrected chi connectivity index (χ0v) is 10.6. The topological polar surface area (TPSA) is 25.8 Å². The van der Waals surface area contributed by atoms with Gasteiger partial charge in [0, 0.05) is 17.7 Å². The van der Waals surface area contributed by atoms with Crippen molar-refractivity contribution in [3.05, 3.63) is 47.9 Å². The average molecular weight is 226 g/mol. The molecule has 0 fully saturated rings. The van der Waals surface area contributed by atoms with Crippen LogP contribution in [0.4, 0.5) is 0 Å². The van der Waals surface area contributed by atoms with E-state index < -0.39 is 0 Å². The SMILES string of the molecule is Cc1cc(-c2ccccc2)nc(CC(C)C)n1. The summed E-state index contributed by atoms with van der Waals surface area (Å²) in [6, 6.07) is 12.3. The van der Waals surface area contributed by atoms with Gasteiger partial charge in [-0.1, -0.05) is 44.2 Å². The summed E-state index contributed by atoms with van der Waals surface area (Å²) in [5.74, 6) is 1.53. The van der Waals surface area contributed by atoms with Gasteiger partial charge in [-0.3, -0.25) is 0 Å². The van der Waals surface area contributed by atoms with Gasteiger partial charge in [0.2, 0.25) is 0 Å². The van der Waals surface area contributed by atoms with Crippen molar-refractivity contribution in [2.45, 2.75) is 27.2 Å². The Labute approximate surface area is 103 Å². The fourth-order valence-electron chi connectivity index (χ4n) is 1.84. The zero-order valence-electron chi connectivity index (χ0n) is 10.6. The van der Waals surface area contributed by atoms with Gasteiger partial charge in [-0.25, -0.2) is 9.97 Å². The lowest BCUT2D eigenvalue weighted by atomic mass is 10.1. The maximum absolute atomic E-state index is 4.63. The number of hydrogen-bond donors (Lipinski definition) is 0. The fraction of sp³-hybridized carbons (Fsp3) is 0.333. The van der Waals surface area contributed by atoms with Crippen LogP contribution < -0.4 is 0 Å². The van der Waals surface area contributed by atoms with E-state index in [1.54, 1.807) is 0 Å². The molecule has 1 heterocycles. The Bertz CT molecular complexity index is 490. The molecule has 2 rings (SSSR count). The molecule has 88 valence electrons. The highest BCUT2D eigenvalue weighted by molar-refractivity contribution is 5.58. The minimum Gasteiger partial charge on any atom is -0.238 e. The summed E-state index contributed by atoms with van der Waals surface area (Å²) in [6.45, 7) is 6.40. The van der Waals surface area contributed by atoms with Crippen LogP contribution in [0.5, 0.6) is 0 Å². The summed E-state index contributed by atoms with van der Waals surface area (Å²) in [5.41, 5.74) is 3.21. The molecule has 0 atom stereocenters. The quantitative estimate of drug-likeness (QED) is 0.798. The van der Waals surface area contributed by atoms with Crippen LogP contribution in [0.15, 0.2) is 36.4 Å². The normalized spacial score (nSPS) is 10.8. The standard InChI is InChI=1S/C15H18N2/c1-11(2)9-15-16-12(3)10-14(17-15)13-7-5-4-6-8-13/h4-8,10-11H,9H2,1-3H3. The van der Waals surface area contributed by atoms with Crippen molar-refractivity contribution in [3.8, 4) is 11.3 Å². The van der Waals surface area contributed by atoms with Gasteiger partial charge in [0.05, 0.1) is 5.69 Å². The molecule has 2 nitrogen and oxygen atoms in total. The number of aryl methyl sites for hydroxylation is 1. The second kappa shape index (κ2) is 5.09. The van der Waals surface area contributed by atoms with Crippen molar-refractivity contribution in [1.82, 2.24) is 9.97 Å². The lowest BCUT2D eigenvalue weighted by Gasteiger charge is -2.07. The summed E-state index contributed by atoms with van der Waals surface area (Å²) < 4.78 is 0. The maximum Gasteiger partial charge on any atom is 0.129 e. The van der Waals surface area contributed by atoms with Crippen LogP contribution in [0.25, 0.3) is 11.3 Å². The third-order valence-electron chi connectivity index (χ3n) is 2.56. The van der Waals surface area contributed by atoms with Gasteiger partial charge in [-0.15, -0.1) is 0 Å². The molecule has 1 aromatic carbocycles. The van der Waals surface area contributed by atoms with Gasteiger partial charge in [0.15, 0.2) is 0 Å². The second-order valence-corrected chi connectivity index (χ2v) is 4.77. The maximum atomic E-state index is 4.63. The third-order valence-corrected chi connectivity index (χ3v) is 2.56. The molecule has 0 bridgehead atoms. The van der Waals surface area contributed by atoms with E-state index >= 15 is 0 Å². The van der Waals surface area contributed by atoms with E-state index in [2.05, 4.69) is 35.9 Å². The number of benzene rings is 1. The molecule has 0 aliphatic heterocycles. The molecule has 0 N–H and O–H groups in total.